The lowest BCUT2D eigenvalue weighted by Gasteiger charge is -2.37. The van der Waals surface area contributed by atoms with Crippen LogP contribution in [-0.2, 0) is 6.54 Å². The maximum atomic E-state index is 4.34. The number of halogens is 1. The number of hydrogen-bond donors (Lipinski definition) is 2. The summed E-state index contributed by atoms with van der Waals surface area (Å²) in [6.45, 7) is 14.2. The minimum atomic E-state index is 0. The van der Waals surface area contributed by atoms with Gasteiger partial charge in [0.1, 0.15) is 0 Å². The number of aliphatic imine (C=N–C) groups is 1. The molecule has 1 unspecified atom stereocenters. The number of aryl methyl sites for hydroxylation is 1. The Labute approximate surface area is 170 Å². The van der Waals surface area contributed by atoms with Crippen molar-refractivity contribution in [3.8, 4) is 0 Å². The van der Waals surface area contributed by atoms with Gasteiger partial charge in [0.15, 0.2) is 5.96 Å². The second-order valence-electron chi connectivity index (χ2n) is 6.61. The average molecular weight is 459 g/mol. The van der Waals surface area contributed by atoms with E-state index in [-0.39, 0.29) is 24.0 Å². The fraction of sp³-hybridized carbons (Fsp3) is 0.632. The van der Waals surface area contributed by atoms with Gasteiger partial charge in [-0.05, 0) is 26.0 Å². The summed E-state index contributed by atoms with van der Waals surface area (Å²) in [6.07, 6.45) is 0. The van der Waals surface area contributed by atoms with Crippen LogP contribution in [0, 0.1) is 6.92 Å². The minimum absolute atomic E-state index is 0. The molecule has 1 aliphatic heterocycles. The zero-order chi connectivity index (χ0) is 17.4. The second kappa shape index (κ2) is 11.7. The van der Waals surface area contributed by atoms with E-state index in [1.165, 1.54) is 24.2 Å². The van der Waals surface area contributed by atoms with Crippen molar-refractivity contribution < 1.29 is 0 Å². The molecule has 2 rings (SSSR count). The Morgan fingerprint density at radius 3 is 2.52 bits per heavy atom. The quantitative estimate of drug-likeness (QED) is 0.390. The fourth-order valence-corrected chi connectivity index (χ4v) is 3.12. The molecule has 1 aliphatic rings. The lowest BCUT2D eigenvalue weighted by molar-refractivity contribution is 0.107. The van der Waals surface area contributed by atoms with Gasteiger partial charge >= 0.3 is 0 Å². The summed E-state index contributed by atoms with van der Waals surface area (Å²) < 4.78 is 0. The summed E-state index contributed by atoms with van der Waals surface area (Å²) in [6, 6.07) is 9.08. The largest absolute Gasteiger partial charge is 0.355 e. The highest BCUT2D eigenvalue weighted by molar-refractivity contribution is 14.0. The molecule has 0 saturated carbocycles. The first-order valence-corrected chi connectivity index (χ1v) is 9.08. The molecule has 0 aromatic heterocycles. The molecular weight excluding hydrogens is 425 g/mol. The van der Waals surface area contributed by atoms with Crippen molar-refractivity contribution in [2.24, 2.45) is 4.99 Å². The molecule has 0 bridgehead atoms. The number of nitrogens with one attached hydrogen (secondary N) is 2. The third-order valence-electron chi connectivity index (χ3n) is 4.81. The molecule has 1 aromatic rings. The standard InChI is InChI=1S/C19H33N5.HI/c1-5-23-9-11-24(12-10-23)17(3)14-21-19(20-4)22-15-18-8-6-7-16(2)13-18;/h6-8,13,17H,5,9-12,14-15H2,1-4H3,(H2,20,21,22);1H. The Bertz CT molecular complexity index is 526. The van der Waals surface area contributed by atoms with Crippen molar-refractivity contribution in [1.82, 2.24) is 20.4 Å². The van der Waals surface area contributed by atoms with Gasteiger partial charge in [0.2, 0.25) is 0 Å². The van der Waals surface area contributed by atoms with Crippen molar-refractivity contribution in [1.29, 1.82) is 0 Å². The van der Waals surface area contributed by atoms with Gasteiger partial charge in [-0.1, -0.05) is 36.8 Å². The number of piperazine rings is 1. The van der Waals surface area contributed by atoms with E-state index in [2.05, 4.69) is 70.5 Å². The highest BCUT2D eigenvalue weighted by Gasteiger charge is 2.20. The smallest absolute Gasteiger partial charge is 0.191 e. The van der Waals surface area contributed by atoms with Crippen molar-refractivity contribution in [2.75, 3.05) is 46.3 Å². The molecule has 5 nitrogen and oxygen atoms in total. The number of guanidine groups is 1. The number of likely N-dealkylation sites (N-methyl/N-ethyl adjacent to an activating group) is 1. The molecule has 0 amide bonds. The SMILES string of the molecule is CCN1CCN(C(C)CNC(=NC)NCc2cccc(C)c2)CC1.I. The Kier molecular flexibility index (Phi) is 10.4. The molecule has 0 radical (unpaired) electrons. The van der Waals surface area contributed by atoms with E-state index < -0.39 is 0 Å². The Morgan fingerprint density at radius 1 is 1.20 bits per heavy atom. The summed E-state index contributed by atoms with van der Waals surface area (Å²) in [5.74, 6) is 0.871. The molecule has 1 fully saturated rings. The average Bonchev–Trinajstić information content (AvgIpc) is 2.61. The van der Waals surface area contributed by atoms with Gasteiger partial charge in [0.05, 0.1) is 0 Å². The topological polar surface area (TPSA) is 42.9 Å². The molecular formula is C19H34IN5. The Balaban J connectivity index is 0.00000312. The summed E-state index contributed by atoms with van der Waals surface area (Å²) in [7, 11) is 1.83. The molecule has 1 atom stereocenters. The molecule has 0 spiro atoms. The third-order valence-corrected chi connectivity index (χ3v) is 4.81. The first-order chi connectivity index (χ1) is 11.6. The predicted octanol–water partition coefficient (Wildman–Crippen LogP) is 2.30. The highest BCUT2D eigenvalue weighted by Crippen LogP contribution is 2.06. The fourth-order valence-electron chi connectivity index (χ4n) is 3.12. The van der Waals surface area contributed by atoms with Gasteiger partial charge in [-0.25, -0.2) is 0 Å². The van der Waals surface area contributed by atoms with Crippen LogP contribution in [0.4, 0.5) is 0 Å². The van der Waals surface area contributed by atoms with E-state index in [1.54, 1.807) is 0 Å². The van der Waals surface area contributed by atoms with E-state index in [0.29, 0.717) is 6.04 Å². The van der Waals surface area contributed by atoms with Crippen LogP contribution in [0.25, 0.3) is 0 Å². The number of rotatable bonds is 6. The first-order valence-electron chi connectivity index (χ1n) is 9.08. The Hall–Kier alpha value is -0.860. The number of hydrogen-bond acceptors (Lipinski definition) is 3. The van der Waals surface area contributed by atoms with Crippen LogP contribution in [0.15, 0.2) is 29.3 Å². The molecule has 142 valence electrons. The molecule has 0 aliphatic carbocycles. The maximum absolute atomic E-state index is 4.34. The maximum Gasteiger partial charge on any atom is 0.191 e. The zero-order valence-electron chi connectivity index (χ0n) is 16.1. The highest BCUT2D eigenvalue weighted by atomic mass is 127. The van der Waals surface area contributed by atoms with Crippen molar-refractivity contribution in [3.63, 3.8) is 0 Å². The van der Waals surface area contributed by atoms with Crippen molar-refractivity contribution >= 4 is 29.9 Å². The van der Waals surface area contributed by atoms with Gasteiger partial charge in [0, 0.05) is 52.4 Å². The zero-order valence-corrected chi connectivity index (χ0v) is 18.4. The number of benzene rings is 1. The second-order valence-corrected chi connectivity index (χ2v) is 6.61. The lowest BCUT2D eigenvalue weighted by atomic mass is 10.1. The van der Waals surface area contributed by atoms with Gasteiger partial charge < -0.3 is 15.5 Å². The summed E-state index contributed by atoms with van der Waals surface area (Å²) in [4.78, 5) is 9.41. The number of nitrogens with zero attached hydrogens (tertiary/aromatic N) is 3. The summed E-state index contributed by atoms with van der Waals surface area (Å²) >= 11 is 0. The predicted molar refractivity (Wildman–Crippen MR) is 118 cm³/mol. The van der Waals surface area contributed by atoms with E-state index in [0.717, 1.165) is 38.7 Å². The van der Waals surface area contributed by atoms with Gasteiger partial charge in [-0.3, -0.25) is 9.89 Å². The van der Waals surface area contributed by atoms with Crippen molar-refractivity contribution in [3.05, 3.63) is 35.4 Å². The molecule has 25 heavy (non-hydrogen) atoms. The van der Waals surface area contributed by atoms with Crippen LogP contribution in [0.2, 0.25) is 0 Å². The van der Waals surface area contributed by atoms with Crippen molar-refractivity contribution in [2.45, 2.75) is 33.4 Å². The van der Waals surface area contributed by atoms with Gasteiger partial charge in [-0.2, -0.15) is 0 Å². The molecule has 6 heteroatoms. The molecule has 2 N–H and O–H groups in total. The van der Waals surface area contributed by atoms with Gasteiger partial charge in [0.25, 0.3) is 0 Å². The van der Waals surface area contributed by atoms with Crippen LogP contribution in [0.3, 0.4) is 0 Å². The minimum Gasteiger partial charge on any atom is -0.355 e. The first kappa shape index (κ1) is 22.2. The van der Waals surface area contributed by atoms with E-state index >= 15 is 0 Å². The van der Waals surface area contributed by atoms with E-state index in [1.807, 2.05) is 7.05 Å². The third kappa shape index (κ3) is 7.50. The molecule has 1 aromatic carbocycles. The normalized spacial score (nSPS) is 17.7. The van der Waals surface area contributed by atoms with Crippen LogP contribution in [-0.4, -0.2) is 68.1 Å². The van der Waals surface area contributed by atoms with Crippen LogP contribution >= 0.6 is 24.0 Å². The molecule has 1 heterocycles. The summed E-state index contributed by atoms with van der Waals surface area (Å²) in [5, 5.41) is 6.86. The van der Waals surface area contributed by atoms with Gasteiger partial charge in [-0.15, -0.1) is 24.0 Å². The van der Waals surface area contributed by atoms with E-state index in [9.17, 15) is 0 Å². The monoisotopic (exact) mass is 459 g/mol. The molecule has 1 saturated heterocycles. The van der Waals surface area contributed by atoms with Crippen LogP contribution < -0.4 is 10.6 Å². The lowest BCUT2D eigenvalue weighted by Crippen LogP contribution is -2.53. The van der Waals surface area contributed by atoms with E-state index in [4.69, 9.17) is 0 Å². The van der Waals surface area contributed by atoms with Crippen LogP contribution in [0.1, 0.15) is 25.0 Å². The Morgan fingerprint density at radius 2 is 1.92 bits per heavy atom. The van der Waals surface area contributed by atoms with Crippen LogP contribution in [0.5, 0.6) is 0 Å². The summed E-state index contributed by atoms with van der Waals surface area (Å²) in [5.41, 5.74) is 2.57.